The molecule has 0 radical (unpaired) electrons. The lowest BCUT2D eigenvalue weighted by molar-refractivity contribution is -0.122. The Bertz CT molecular complexity index is 419. The fourth-order valence-electron chi connectivity index (χ4n) is 1.70. The van der Waals surface area contributed by atoms with E-state index < -0.39 is 10.8 Å². The molecule has 94 valence electrons. The number of nitrogens with one attached hydrogen (secondary N) is 1. The average molecular weight is 256 g/mol. The van der Waals surface area contributed by atoms with Crippen LogP contribution in [0.4, 0.5) is 0 Å². The molecule has 6 heteroatoms. The summed E-state index contributed by atoms with van der Waals surface area (Å²) >= 11 is 0. The summed E-state index contributed by atoms with van der Waals surface area (Å²) in [6.07, 6.45) is 0. The van der Waals surface area contributed by atoms with Crippen molar-refractivity contribution in [1.29, 1.82) is 0 Å². The second kappa shape index (κ2) is 4.66. The van der Waals surface area contributed by atoms with Gasteiger partial charge in [0.05, 0.1) is 11.4 Å². The van der Waals surface area contributed by atoms with Crippen molar-refractivity contribution in [3.63, 3.8) is 0 Å². The molecule has 1 heterocycles. The van der Waals surface area contributed by atoms with E-state index in [9.17, 15) is 13.9 Å². The molecule has 1 aliphatic heterocycles. The second-order valence-electron chi connectivity index (χ2n) is 4.05. The third-order valence-electron chi connectivity index (χ3n) is 2.70. The molecule has 0 unspecified atom stereocenters. The normalized spacial score (nSPS) is 18.9. The minimum absolute atomic E-state index is 0.0240. The van der Waals surface area contributed by atoms with Gasteiger partial charge in [-0.2, -0.15) is 4.31 Å². The predicted molar refractivity (Wildman–Crippen MR) is 66.9 cm³/mol. The molecule has 0 atom stereocenters. The molecule has 0 saturated carbocycles. The van der Waals surface area contributed by atoms with Gasteiger partial charge in [0.25, 0.3) is 0 Å². The van der Waals surface area contributed by atoms with Crippen LogP contribution in [0, 0.1) is 6.92 Å². The highest BCUT2D eigenvalue weighted by Crippen LogP contribution is 2.51. The zero-order chi connectivity index (χ0) is 12.5. The lowest BCUT2D eigenvalue weighted by Crippen LogP contribution is -2.48. The maximum Gasteiger partial charge on any atom is 0.235 e. The van der Waals surface area contributed by atoms with Crippen molar-refractivity contribution in [2.45, 2.75) is 11.8 Å². The highest BCUT2D eigenvalue weighted by atomic mass is 32.3. The van der Waals surface area contributed by atoms with Crippen LogP contribution in [0.1, 0.15) is 5.56 Å². The molecule has 17 heavy (non-hydrogen) atoms. The Balaban J connectivity index is 2.22. The molecule has 1 amide bonds. The Morgan fingerprint density at radius 2 is 1.94 bits per heavy atom. The average Bonchev–Trinajstić information content (AvgIpc) is 2.29. The first-order valence-electron chi connectivity index (χ1n) is 5.37. The maximum atomic E-state index is 11.2. The summed E-state index contributed by atoms with van der Waals surface area (Å²) in [5, 5.41) is 2.66. The van der Waals surface area contributed by atoms with Crippen molar-refractivity contribution >= 4 is 16.7 Å². The van der Waals surface area contributed by atoms with Gasteiger partial charge >= 0.3 is 0 Å². The minimum Gasteiger partial charge on any atom is -0.354 e. The summed E-state index contributed by atoms with van der Waals surface area (Å²) < 4.78 is 21.8. The smallest absolute Gasteiger partial charge is 0.235 e. The summed E-state index contributed by atoms with van der Waals surface area (Å²) in [6, 6.07) is 7.04. The number of amides is 1. The highest BCUT2D eigenvalue weighted by Gasteiger charge is 2.29. The first kappa shape index (κ1) is 12.4. The van der Waals surface area contributed by atoms with Crippen LogP contribution in [-0.2, 0) is 4.79 Å². The van der Waals surface area contributed by atoms with E-state index in [1.54, 1.807) is 12.1 Å². The highest BCUT2D eigenvalue weighted by molar-refractivity contribution is 8.22. The molecule has 1 aromatic rings. The van der Waals surface area contributed by atoms with Crippen molar-refractivity contribution in [3.05, 3.63) is 29.8 Å². The molecule has 3 N–H and O–H groups in total. The monoisotopic (exact) mass is 256 g/mol. The molecule has 0 bridgehead atoms. The van der Waals surface area contributed by atoms with Gasteiger partial charge in [0.15, 0.2) is 0 Å². The van der Waals surface area contributed by atoms with Gasteiger partial charge < -0.3 is 5.32 Å². The predicted octanol–water partition coefficient (Wildman–Crippen LogP) is 1.45. The van der Waals surface area contributed by atoms with Crippen molar-refractivity contribution in [3.8, 4) is 0 Å². The van der Waals surface area contributed by atoms with E-state index in [0.29, 0.717) is 18.0 Å². The number of nitrogens with zero attached hydrogens (tertiary/aromatic N) is 1. The molecule has 0 spiro atoms. The van der Waals surface area contributed by atoms with Crippen LogP contribution in [0.3, 0.4) is 0 Å². The number of carbonyl (C=O) groups is 1. The molecule has 2 rings (SSSR count). The van der Waals surface area contributed by atoms with E-state index in [1.807, 2.05) is 19.1 Å². The summed E-state index contributed by atoms with van der Waals surface area (Å²) in [5.41, 5.74) is 1.06. The maximum absolute atomic E-state index is 11.2. The quantitative estimate of drug-likeness (QED) is 0.749. The number of hydrogen-bond acceptors (Lipinski definition) is 4. The first-order valence-corrected chi connectivity index (χ1v) is 6.87. The fourth-order valence-corrected chi connectivity index (χ4v) is 3.14. The largest absolute Gasteiger partial charge is 0.354 e. The van der Waals surface area contributed by atoms with E-state index in [2.05, 4.69) is 5.32 Å². The van der Waals surface area contributed by atoms with E-state index in [-0.39, 0.29) is 12.5 Å². The van der Waals surface area contributed by atoms with E-state index in [0.717, 1.165) is 5.56 Å². The molecule has 5 nitrogen and oxygen atoms in total. The number of aryl methyl sites for hydroxylation is 1. The SMILES string of the molecule is Cc1ccc(S(O)(O)N2CCNC(=O)C2)cc1. The Labute approximate surface area is 102 Å². The van der Waals surface area contributed by atoms with Crippen LogP contribution < -0.4 is 5.32 Å². The number of carbonyl (C=O) groups excluding carboxylic acids is 1. The van der Waals surface area contributed by atoms with Gasteiger partial charge in [-0.1, -0.05) is 17.7 Å². The molecule has 1 aromatic carbocycles. The van der Waals surface area contributed by atoms with Crippen LogP contribution in [0.15, 0.2) is 29.2 Å². The number of piperazine rings is 1. The van der Waals surface area contributed by atoms with Crippen LogP contribution in [0.25, 0.3) is 0 Å². The molecule has 0 aliphatic carbocycles. The lowest BCUT2D eigenvalue weighted by atomic mass is 10.2. The van der Waals surface area contributed by atoms with Crippen LogP contribution in [-0.4, -0.2) is 39.0 Å². The number of benzene rings is 1. The lowest BCUT2D eigenvalue weighted by Gasteiger charge is -2.44. The van der Waals surface area contributed by atoms with Gasteiger partial charge in [-0.25, -0.2) is 0 Å². The third-order valence-corrected chi connectivity index (χ3v) is 4.64. The van der Waals surface area contributed by atoms with Crippen molar-refractivity contribution in [2.75, 3.05) is 19.6 Å². The van der Waals surface area contributed by atoms with Gasteiger partial charge in [-0.05, 0) is 19.1 Å². The van der Waals surface area contributed by atoms with Crippen LogP contribution >= 0.6 is 10.8 Å². The molecule has 1 fully saturated rings. The fraction of sp³-hybridized carbons (Fsp3) is 0.364. The Morgan fingerprint density at radius 1 is 1.29 bits per heavy atom. The van der Waals surface area contributed by atoms with Gasteiger partial charge in [0.2, 0.25) is 5.91 Å². The van der Waals surface area contributed by atoms with Crippen molar-refractivity contribution in [2.24, 2.45) is 0 Å². The van der Waals surface area contributed by atoms with E-state index in [1.165, 1.54) is 4.31 Å². The van der Waals surface area contributed by atoms with Crippen LogP contribution in [0.5, 0.6) is 0 Å². The molecule has 1 saturated heterocycles. The molecular weight excluding hydrogens is 240 g/mol. The second-order valence-corrected chi connectivity index (χ2v) is 6.07. The third kappa shape index (κ3) is 2.61. The molecule has 1 aliphatic rings. The summed E-state index contributed by atoms with van der Waals surface area (Å²) in [4.78, 5) is 11.7. The van der Waals surface area contributed by atoms with Crippen molar-refractivity contribution in [1.82, 2.24) is 9.62 Å². The van der Waals surface area contributed by atoms with Gasteiger partial charge in [-0.15, -0.1) is 10.8 Å². The first-order chi connectivity index (χ1) is 8.00. The summed E-state index contributed by atoms with van der Waals surface area (Å²) in [5.74, 6) is -0.177. The zero-order valence-electron chi connectivity index (χ0n) is 9.59. The van der Waals surface area contributed by atoms with E-state index in [4.69, 9.17) is 0 Å². The van der Waals surface area contributed by atoms with Gasteiger partial charge in [-0.3, -0.25) is 13.9 Å². The molecule has 0 aromatic heterocycles. The number of rotatable bonds is 2. The van der Waals surface area contributed by atoms with Crippen LogP contribution in [0.2, 0.25) is 0 Å². The Kier molecular flexibility index (Phi) is 3.39. The zero-order valence-corrected chi connectivity index (χ0v) is 10.4. The minimum atomic E-state index is -3.04. The Hall–Kier alpha value is -1.08. The van der Waals surface area contributed by atoms with E-state index >= 15 is 0 Å². The summed E-state index contributed by atoms with van der Waals surface area (Å²) in [7, 11) is -3.04. The standard InChI is InChI=1S/C11H16N2O3S/c1-9-2-4-10(5-3-9)17(15,16)13-7-6-12-11(14)8-13/h2-5,15-16H,6-8H2,1H3,(H,12,14). The summed E-state index contributed by atoms with van der Waals surface area (Å²) in [6.45, 7) is 2.85. The van der Waals surface area contributed by atoms with Gasteiger partial charge in [0, 0.05) is 13.1 Å². The Morgan fingerprint density at radius 3 is 2.53 bits per heavy atom. The topological polar surface area (TPSA) is 72.8 Å². The number of hydrogen-bond donors (Lipinski definition) is 3. The van der Waals surface area contributed by atoms with Gasteiger partial charge in [0.1, 0.15) is 0 Å². The molecular formula is C11H16N2O3S. The van der Waals surface area contributed by atoms with Crippen molar-refractivity contribution < 1.29 is 13.9 Å².